The van der Waals surface area contributed by atoms with Crippen LogP contribution in [0, 0.1) is 11.8 Å². The second-order valence-corrected chi connectivity index (χ2v) is 9.16. The molecule has 0 radical (unpaired) electrons. The number of ether oxygens (including phenoxy) is 1. The first-order chi connectivity index (χ1) is 14.1. The Hall–Kier alpha value is -0.570. The fraction of sp³-hybridized carbons (Fsp3) is 0.962. The first-order valence-corrected chi connectivity index (χ1v) is 12.9. The van der Waals surface area contributed by atoms with Gasteiger partial charge in [-0.2, -0.15) is 0 Å². The molecule has 0 saturated heterocycles. The summed E-state index contributed by atoms with van der Waals surface area (Å²) in [4.78, 5) is 14.8. The van der Waals surface area contributed by atoms with E-state index in [1.165, 1.54) is 70.6 Å². The molecule has 0 aromatic heterocycles. The molecule has 0 fully saturated rings. The van der Waals surface area contributed by atoms with Crippen molar-refractivity contribution in [3.05, 3.63) is 0 Å². The molecule has 174 valence electrons. The van der Waals surface area contributed by atoms with Crippen molar-refractivity contribution >= 4 is 5.91 Å². The number of unbranched alkanes of at least 4 members (excludes halogenated alkanes) is 7. The second kappa shape index (κ2) is 20.7. The first-order valence-electron chi connectivity index (χ1n) is 12.9. The molecule has 0 aliphatic rings. The molecule has 2 atom stereocenters. The summed E-state index contributed by atoms with van der Waals surface area (Å²) in [5.41, 5.74) is 0. The minimum atomic E-state index is 0.213. The SMILES string of the molecule is CCCCCCC(C)CCCOCCN(C)C(=O)C(CCCC)CCCCCC. The first kappa shape index (κ1) is 28.4. The molecule has 3 nitrogen and oxygen atoms in total. The Labute approximate surface area is 183 Å². The summed E-state index contributed by atoms with van der Waals surface area (Å²) in [6.07, 6.45) is 18.6. The Morgan fingerprint density at radius 1 is 0.724 bits per heavy atom. The number of nitrogens with zero attached hydrogens (tertiary/aromatic N) is 1. The van der Waals surface area contributed by atoms with Crippen molar-refractivity contribution in [2.45, 2.75) is 124 Å². The Morgan fingerprint density at radius 2 is 1.28 bits per heavy atom. The molecule has 1 amide bonds. The highest BCUT2D eigenvalue weighted by Gasteiger charge is 2.21. The van der Waals surface area contributed by atoms with Crippen LogP contribution in [0.2, 0.25) is 0 Å². The third-order valence-electron chi connectivity index (χ3n) is 6.14. The highest BCUT2D eigenvalue weighted by molar-refractivity contribution is 5.78. The van der Waals surface area contributed by atoms with Gasteiger partial charge in [-0.15, -0.1) is 0 Å². The number of rotatable bonds is 21. The van der Waals surface area contributed by atoms with Crippen LogP contribution in [0.5, 0.6) is 0 Å². The van der Waals surface area contributed by atoms with E-state index in [1.807, 2.05) is 11.9 Å². The maximum atomic E-state index is 12.8. The summed E-state index contributed by atoms with van der Waals surface area (Å²) in [6, 6.07) is 0. The molecule has 0 heterocycles. The molecule has 0 bridgehead atoms. The monoisotopic (exact) mass is 411 g/mol. The van der Waals surface area contributed by atoms with Crippen LogP contribution in [-0.4, -0.2) is 37.6 Å². The molecular weight excluding hydrogens is 358 g/mol. The zero-order valence-corrected chi connectivity index (χ0v) is 20.6. The van der Waals surface area contributed by atoms with Crippen LogP contribution >= 0.6 is 0 Å². The fourth-order valence-corrected chi connectivity index (χ4v) is 3.98. The van der Waals surface area contributed by atoms with Crippen molar-refractivity contribution in [2.24, 2.45) is 11.8 Å². The van der Waals surface area contributed by atoms with Gasteiger partial charge in [0.2, 0.25) is 5.91 Å². The van der Waals surface area contributed by atoms with Gasteiger partial charge in [-0.3, -0.25) is 4.79 Å². The summed E-state index contributed by atoms with van der Waals surface area (Å²) >= 11 is 0. The second-order valence-electron chi connectivity index (χ2n) is 9.16. The van der Waals surface area contributed by atoms with E-state index in [1.54, 1.807) is 0 Å². The summed E-state index contributed by atoms with van der Waals surface area (Å²) in [7, 11) is 1.95. The minimum absolute atomic E-state index is 0.213. The molecule has 0 rings (SSSR count). The Bertz CT molecular complexity index is 359. The maximum Gasteiger partial charge on any atom is 0.225 e. The standard InChI is InChI=1S/C26H53NO2/c1-6-9-12-14-17-24(4)18-16-22-29-23-21-27(5)26(28)25(19-11-8-3)20-15-13-10-7-2/h24-25H,6-23H2,1-5H3. The smallest absolute Gasteiger partial charge is 0.225 e. The predicted molar refractivity (Wildman–Crippen MR) is 127 cm³/mol. The number of hydrogen-bond acceptors (Lipinski definition) is 2. The van der Waals surface area contributed by atoms with Gasteiger partial charge in [0.25, 0.3) is 0 Å². The zero-order chi connectivity index (χ0) is 21.7. The van der Waals surface area contributed by atoms with Gasteiger partial charge < -0.3 is 9.64 Å². The minimum Gasteiger partial charge on any atom is -0.380 e. The van der Waals surface area contributed by atoms with Gasteiger partial charge in [0.15, 0.2) is 0 Å². The largest absolute Gasteiger partial charge is 0.380 e. The van der Waals surface area contributed by atoms with Gasteiger partial charge in [-0.1, -0.05) is 98.3 Å². The zero-order valence-electron chi connectivity index (χ0n) is 20.6. The molecular formula is C26H53NO2. The lowest BCUT2D eigenvalue weighted by molar-refractivity contribution is -0.135. The molecule has 2 unspecified atom stereocenters. The number of amides is 1. The van der Waals surface area contributed by atoms with Gasteiger partial charge in [-0.25, -0.2) is 0 Å². The normalized spacial score (nSPS) is 13.4. The summed E-state index contributed by atoms with van der Waals surface area (Å²) in [5, 5.41) is 0. The Morgan fingerprint density at radius 3 is 1.90 bits per heavy atom. The summed E-state index contributed by atoms with van der Waals surface area (Å²) in [6.45, 7) is 11.3. The van der Waals surface area contributed by atoms with Gasteiger partial charge >= 0.3 is 0 Å². The van der Waals surface area contributed by atoms with E-state index in [2.05, 4.69) is 27.7 Å². The van der Waals surface area contributed by atoms with E-state index in [-0.39, 0.29) is 5.92 Å². The molecule has 0 aromatic rings. The lowest BCUT2D eigenvalue weighted by Gasteiger charge is -2.24. The lowest BCUT2D eigenvalue weighted by Crippen LogP contribution is -2.35. The number of carbonyl (C=O) groups is 1. The Kier molecular flexibility index (Phi) is 20.3. The van der Waals surface area contributed by atoms with Crippen LogP contribution < -0.4 is 0 Å². The van der Waals surface area contributed by atoms with Crippen molar-refractivity contribution < 1.29 is 9.53 Å². The van der Waals surface area contributed by atoms with Gasteiger partial charge in [0.05, 0.1) is 6.61 Å². The maximum absolute atomic E-state index is 12.8. The van der Waals surface area contributed by atoms with Crippen LogP contribution in [0.3, 0.4) is 0 Å². The summed E-state index contributed by atoms with van der Waals surface area (Å²) in [5.74, 6) is 1.36. The van der Waals surface area contributed by atoms with E-state index in [0.717, 1.165) is 44.8 Å². The number of hydrogen-bond donors (Lipinski definition) is 0. The topological polar surface area (TPSA) is 29.5 Å². The van der Waals surface area contributed by atoms with Crippen LogP contribution in [0.1, 0.15) is 124 Å². The van der Waals surface area contributed by atoms with Gasteiger partial charge in [-0.05, 0) is 31.6 Å². The molecule has 3 heteroatoms. The predicted octanol–water partition coefficient (Wildman–Crippen LogP) is 7.62. The number of likely N-dealkylation sites (N-methyl/N-ethyl adjacent to an activating group) is 1. The van der Waals surface area contributed by atoms with Crippen molar-refractivity contribution in [3.8, 4) is 0 Å². The third kappa shape index (κ3) is 16.9. The molecule has 0 spiro atoms. The van der Waals surface area contributed by atoms with E-state index >= 15 is 0 Å². The molecule has 0 N–H and O–H groups in total. The highest BCUT2D eigenvalue weighted by atomic mass is 16.5. The highest BCUT2D eigenvalue weighted by Crippen LogP contribution is 2.20. The average molecular weight is 412 g/mol. The van der Waals surface area contributed by atoms with Crippen LogP contribution in [0.15, 0.2) is 0 Å². The van der Waals surface area contributed by atoms with Crippen LogP contribution in [-0.2, 0) is 9.53 Å². The van der Waals surface area contributed by atoms with Crippen molar-refractivity contribution in [1.82, 2.24) is 4.90 Å². The van der Waals surface area contributed by atoms with Gasteiger partial charge in [0.1, 0.15) is 0 Å². The van der Waals surface area contributed by atoms with Crippen LogP contribution in [0.4, 0.5) is 0 Å². The van der Waals surface area contributed by atoms with E-state index < -0.39 is 0 Å². The van der Waals surface area contributed by atoms with Crippen molar-refractivity contribution in [2.75, 3.05) is 26.8 Å². The third-order valence-corrected chi connectivity index (χ3v) is 6.14. The van der Waals surface area contributed by atoms with Gasteiger partial charge in [0, 0.05) is 26.1 Å². The number of carbonyl (C=O) groups excluding carboxylic acids is 1. The molecule has 0 saturated carbocycles. The van der Waals surface area contributed by atoms with E-state index in [9.17, 15) is 4.79 Å². The quantitative estimate of drug-likeness (QED) is 0.182. The molecule has 0 aliphatic heterocycles. The van der Waals surface area contributed by atoms with Crippen LogP contribution in [0.25, 0.3) is 0 Å². The van der Waals surface area contributed by atoms with Crippen molar-refractivity contribution in [3.63, 3.8) is 0 Å². The van der Waals surface area contributed by atoms with Crippen molar-refractivity contribution in [1.29, 1.82) is 0 Å². The summed E-state index contributed by atoms with van der Waals surface area (Å²) < 4.78 is 5.83. The van der Waals surface area contributed by atoms with E-state index in [4.69, 9.17) is 4.74 Å². The lowest BCUT2D eigenvalue weighted by atomic mass is 9.94. The average Bonchev–Trinajstić information content (AvgIpc) is 2.72. The van der Waals surface area contributed by atoms with E-state index in [0.29, 0.717) is 12.5 Å². The molecule has 0 aliphatic carbocycles. The molecule has 0 aromatic carbocycles. The fourth-order valence-electron chi connectivity index (χ4n) is 3.98. The molecule has 29 heavy (non-hydrogen) atoms. The Balaban J connectivity index is 3.92.